The molecule has 0 radical (unpaired) electrons. The van der Waals surface area contributed by atoms with E-state index in [1.165, 1.54) is 106 Å². The van der Waals surface area contributed by atoms with Crippen molar-refractivity contribution in [1.29, 1.82) is 0 Å². The van der Waals surface area contributed by atoms with Gasteiger partial charge in [0.2, 0.25) is 10.0 Å². The van der Waals surface area contributed by atoms with Crippen LogP contribution in [0.4, 0.5) is 11.4 Å². The summed E-state index contributed by atoms with van der Waals surface area (Å²) in [6, 6.07) is 12.7. The van der Waals surface area contributed by atoms with E-state index in [4.69, 9.17) is 14.6 Å². The molecule has 0 amide bonds. The summed E-state index contributed by atoms with van der Waals surface area (Å²) in [5.41, 5.74) is 3.91. The fourth-order valence-electron chi connectivity index (χ4n) is 8.07. The summed E-state index contributed by atoms with van der Waals surface area (Å²) in [6.45, 7) is 7.29. The van der Waals surface area contributed by atoms with Crippen LogP contribution in [0.5, 0.6) is 5.75 Å². The van der Waals surface area contributed by atoms with Gasteiger partial charge in [-0.25, -0.2) is 13.6 Å². The first-order valence-corrected chi connectivity index (χ1v) is 19.4. The maximum absolute atomic E-state index is 11.8. The summed E-state index contributed by atoms with van der Waals surface area (Å²) in [7, 11) is -2.29. The van der Waals surface area contributed by atoms with Gasteiger partial charge >= 0.3 is 0 Å². The number of rotatable bonds is 9. The molecule has 2 aromatic rings. The van der Waals surface area contributed by atoms with E-state index in [9.17, 15) is 8.42 Å². The van der Waals surface area contributed by atoms with Gasteiger partial charge in [0.15, 0.2) is 0 Å². The van der Waals surface area contributed by atoms with Crippen LogP contribution < -0.4 is 20.5 Å². The highest BCUT2D eigenvalue weighted by Crippen LogP contribution is 2.57. The lowest BCUT2D eigenvalue weighted by molar-refractivity contribution is -0.143. The Hall–Kier alpha value is -2.42. The molecule has 2 atom stereocenters. The lowest BCUT2D eigenvalue weighted by atomic mass is 9.75. The molecule has 2 saturated carbocycles. The molecular formula is C36H48N4O4S2. The maximum Gasteiger partial charge on any atom is 0.238 e. The molecule has 3 aliphatic heterocycles. The van der Waals surface area contributed by atoms with Crippen molar-refractivity contribution < 1.29 is 17.9 Å². The van der Waals surface area contributed by atoms with Crippen LogP contribution in [0.3, 0.4) is 0 Å². The number of piperidine rings is 1. The third-order valence-corrected chi connectivity index (χ3v) is 13.7. The Bertz CT molecular complexity index is 1600. The number of thioether (sulfide) groups is 1. The first kappa shape index (κ1) is 32.1. The van der Waals surface area contributed by atoms with E-state index < -0.39 is 10.0 Å². The van der Waals surface area contributed by atoms with Crippen LogP contribution >= 0.6 is 11.8 Å². The Balaban J connectivity index is 0.999. The number of nitrogens with zero attached hydrogens (tertiary/aromatic N) is 1. The Morgan fingerprint density at radius 2 is 1.83 bits per heavy atom. The number of nitrogens with two attached hydrogens (primary N) is 1. The minimum absolute atomic E-state index is 0.00452. The quantitative estimate of drug-likeness (QED) is 0.288. The summed E-state index contributed by atoms with van der Waals surface area (Å²) in [5, 5.41) is 12.8. The maximum atomic E-state index is 11.8. The third kappa shape index (κ3) is 6.64. The molecule has 1 spiro atoms. The minimum atomic E-state index is -3.80. The molecule has 0 aromatic heterocycles. The zero-order valence-corrected chi connectivity index (χ0v) is 28.8. The number of nitrogens with one attached hydrogen (secondary N) is 2. The van der Waals surface area contributed by atoms with Crippen molar-refractivity contribution in [3.05, 3.63) is 42.0 Å². The average Bonchev–Trinajstić information content (AvgIpc) is 3.80. The van der Waals surface area contributed by atoms with Crippen molar-refractivity contribution in [3.8, 4) is 17.6 Å². The van der Waals surface area contributed by atoms with Crippen molar-refractivity contribution in [1.82, 2.24) is 4.90 Å². The third-order valence-electron chi connectivity index (χ3n) is 11.2. The normalized spacial score (nSPS) is 28.9. The van der Waals surface area contributed by atoms with E-state index >= 15 is 0 Å². The van der Waals surface area contributed by atoms with Gasteiger partial charge in [0.25, 0.3) is 0 Å². The molecule has 46 heavy (non-hydrogen) atoms. The van der Waals surface area contributed by atoms with Crippen LogP contribution in [0.25, 0.3) is 0 Å². The second-order valence-electron chi connectivity index (χ2n) is 14.5. The van der Waals surface area contributed by atoms with E-state index in [1.807, 2.05) is 11.8 Å². The molecule has 2 saturated heterocycles. The predicted molar refractivity (Wildman–Crippen MR) is 185 cm³/mol. The van der Waals surface area contributed by atoms with E-state index in [1.54, 1.807) is 6.07 Å². The molecule has 248 valence electrons. The Morgan fingerprint density at radius 3 is 2.48 bits per heavy atom. The number of primary sulfonamides is 1. The summed E-state index contributed by atoms with van der Waals surface area (Å²) in [4.78, 5) is 4.17. The van der Waals surface area contributed by atoms with Crippen molar-refractivity contribution in [2.24, 2.45) is 16.5 Å². The van der Waals surface area contributed by atoms with Gasteiger partial charge < -0.3 is 25.0 Å². The zero-order chi connectivity index (χ0) is 31.9. The van der Waals surface area contributed by atoms with Crippen LogP contribution in [0.2, 0.25) is 0 Å². The van der Waals surface area contributed by atoms with Crippen molar-refractivity contribution in [3.63, 3.8) is 0 Å². The molecule has 2 aliphatic carbocycles. The fraction of sp³-hybridized carbons (Fsp3) is 0.611. The minimum Gasteiger partial charge on any atom is -0.495 e. The predicted octanol–water partition coefficient (Wildman–Crippen LogP) is 5.83. The van der Waals surface area contributed by atoms with Gasteiger partial charge in [0, 0.05) is 39.6 Å². The molecule has 5 aliphatic rings. The number of anilines is 2. The summed E-state index contributed by atoms with van der Waals surface area (Å²) >= 11 is 1.93. The molecule has 3 heterocycles. The number of hydrogen-bond acceptors (Lipinski definition) is 8. The topological polar surface area (TPSA) is 106 Å². The Kier molecular flexibility index (Phi) is 9.01. The van der Waals surface area contributed by atoms with E-state index in [0.717, 1.165) is 25.2 Å². The number of methoxy groups -OCH3 is 1. The zero-order valence-electron chi connectivity index (χ0n) is 27.1. The molecule has 0 bridgehead atoms. The Labute approximate surface area is 279 Å². The first-order valence-electron chi connectivity index (χ1n) is 17.0. The lowest BCUT2D eigenvalue weighted by Gasteiger charge is -2.49. The van der Waals surface area contributed by atoms with Crippen molar-refractivity contribution in [2.45, 2.75) is 97.3 Å². The molecule has 2 unspecified atom stereocenters. The van der Waals surface area contributed by atoms with Gasteiger partial charge in [-0.1, -0.05) is 43.7 Å². The monoisotopic (exact) mass is 664 g/mol. The van der Waals surface area contributed by atoms with Gasteiger partial charge in [-0.15, -0.1) is 11.8 Å². The molecular weight excluding hydrogens is 617 g/mol. The highest BCUT2D eigenvalue weighted by Gasteiger charge is 2.47. The number of fused-ring (bicyclic) bond motifs is 1. The SMILES string of the molecule is COc1cc(S(N)(=O)=O)ccc1NCC#CC1Sc2c(NC3CCC(N4CCC5(CC4)COC5)CC3)cccc2C1(C)CC1CC1. The molecule has 4 N–H and O–H groups in total. The number of sulfonamides is 1. The summed E-state index contributed by atoms with van der Waals surface area (Å²) in [5.74, 6) is 8.24. The number of hydrogen-bond donors (Lipinski definition) is 3. The van der Waals surface area contributed by atoms with Crippen LogP contribution in [0.1, 0.15) is 70.3 Å². The van der Waals surface area contributed by atoms with E-state index in [2.05, 4.69) is 52.5 Å². The Morgan fingerprint density at radius 1 is 1.07 bits per heavy atom. The second kappa shape index (κ2) is 12.9. The van der Waals surface area contributed by atoms with E-state index in [0.29, 0.717) is 29.4 Å². The summed E-state index contributed by atoms with van der Waals surface area (Å²) in [6.07, 6.45) is 11.4. The highest BCUT2D eigenvalue weighted by molar-refractivity contribution is 8.00. The first-order chi connectivity index (χ1) is 22.2. The average molecular weight is 665 g/mol. The number of ether oxygens (including phenoxy) is 2. The van der Waals surface area contributed by atoms with Gasteiger partial charge in [-0.05, 0) is 87.7 Å². The van der Waals surface area contributed by atoms with Crippen LogP contribution in [0, 0.1) is 23.2 Å². The number of benzene rings is 2. The van der Waals surface area contributed by atoms with Gasteiger partial charge in [0.05, 0.1) is 42.7 Å². The van der Waals surface area contributed by atoms with Crippen molar-refractivity contribution in [2.75, 3.05) is 50.6 Å². The number of likely N-dealkylation sites (tertiary alicyclic amines) is 1. The largest absolute Gasteiger partial charge is 0.495 e. The van der Waals surface area contributed by atoms with E-state index in [-0.39, 0.29) is 15.6 Å². The van der Waals surface area contributed by atoms with Gasteiger partial charge in [-0.3, -0.25) is 0 Å². The van der Waals surface area contributed by atoms with Crippen LogP contribution in [0.15, 0.2) is 46.2 Å². The second-order valence-corrected chi connectivity index (χ2v) is 17.2. The molecule has 4 fully saturated rings. The van der Waals surface area contributed by atoms with Crippen LogP contribution in [-0.4, -0.2) is 70.6 Å². The van der Waals surface area contributed by atoms with Crippen molar-refractivity contribution >= 4 is 33.2 Å². The van der Waals surface area contributed by atoms with Gasteiger partial charge in [0.1, 0.15) is 5.75 Å². The summed E-state index contributed by atoms with van der Waals surface area (Å²) < 4.78 is 34.5. The fourth-order valence-corrected chi connectivity index (χ4v) is 10.1. The van der Waals surface area contributed by atoms with Crippen LogP contribution in [-0.2, 0) is 20.2 Å². The van der Waals surface area contributed by atoms with Gasteiger partial charge in [-0.2, -0.15) is 0 Å². The highest BCUT2D eigenvalue weighted by atomic mass is 32.2. The molecule has 7 rings (SSSR count). The lowest BCUT2D eigenvalue weighted by Crippen LogP contribution is -2.53. The standard InChI is InChI=1S/C36H48N4O4S2/c1-35(22-25-8-9-25)29-5-3-6-31(39-26-10-12-27(13-11-26)40-19-16-36(17-20-40)23-44-24-36)34(29)45-33(35)7-4-18-38-30-15-14-28(46(37,41)42)21-32(30)43-2/h3,5-6,14-15,21,25-27,33,38-39H,8-13,16-20,22-24H2,1-2H3,(H2,37,41,42). The molecule has 8 nitrogen and oxygen atoms in total. The molecule has 10 heteroatoms. The smallest absolute Gasteiger partial charge is 0.238 e. The molecule has 2 aromatic carbocycles.